The lowest BCUT2D eigenvalue weighted by atomic mass is 10.2. The third-order valence-electron chi connectivity index (χ3n) is 2.66. The van der Waals surface area contributed by atoms with Gasteiger partial charge in [0.15, 0.2) is 0 Å². The minimum atomic E-state index is -1.41. The zero-order chi connectivity index (χ0) is 14.3. The number of carboxylic acids is 2. The van der Waals surface area contributed by atoms with Crippen LogP contribution in [0.5, 0.6) is 0 Å². The van der Waals surface area contributed by atoms with Crippen LogP contribution in [0.1, 0.15) is 33.1 Å². The van der Waals surface area contributed by atoms with E-state index in [1.54, 1.807) is 7.05 Å². The molecule has 0 aliphatic carbocycles. The van der Waals surface area contributed by atoms with Gasteiger partial charge in [-0.05, 0) is 13.3 Å². The minimum Gasteiger partial charge on any atom is -0.481 e. The molecule has 0 fully saturated rings. The Morgan fingerprint density at radius 1 is 1.28 bits per heavy atom. The largest absolute Gasteiger partial charge is 0.481 e. The van der Waals surface area contributed by atoms with Crippen LogP contribution in [0, 0.1) is 0 Å². The Balaban J connectivity index is 4.49. The first-order chi connectivity index (χ1) is 8.29. The average Bonchev–Trinajstić information content (AvgIpc) is 2.26. The summed E-state index contributed by atoms with van der Waals surface area (Å²) in [7, 11) is 1.55. The number of nitrogens with one attached hydrogen (secondary N) is 1. The van der Waals surface area contributed by atoms with Crippen molar-refractivity contribution in [2.24, 2.45) is 0 Å². The Morgan fingerprint density at radius 2 is 1.83 bits per heavy atom. The lowest BCUT2D eigenvalue weighted by Gasteiger charge is -2.26. The normalized spacial score (nSPS) is 13.5. The summed E-state index contributed by atoms with van der Waals surface area (Å²) in [6.45, 7) is 3.82. The first-order valence-electron chi connectivity index (χ1n) is 5.77. The summed E-state index contributed by atoms with van der Waals surface area (Å²) in [6.07, 6.45) is 1.05. The number of aliphatic carboxylic acids is 2. The first kappa shape index (κ1) is 16.2. The van der Waals surface area contributed by atoms with Crippen molar-refractivity contribution >= 4 is 18.0 Å². The van der Waals surface area contributed by atoms with E-state index in [-0.39, 0.29) is 6.04 Å². The second kappa shape index (κ2) is 7.52. The summed E-state index contributed by atoms with van der Waals surface area (Å²) < 4.78 is 0. The Bertz CT molecular complexity index is 319. The molecule has 0 aliphatic heterocycles. The van der Waals surface area contributed by atoms with Gasteiger partial charge in [0, 0.05) is 13.1 Å². The summed E-state index contributed by atoms with van der Waals surface area (Å²) in [5.41, 5.74) is 0. The second-order valence-corrected chi connectivity index (χ2v) is 4.19. The molecule has 2 amide bonds. The maximum Gasteiger partial charge on any atom is 0.326 e. The molecule has 3 N–H and O–H groups in total. The monoisotopic (exact) mass is 260 g/mol. The van der Waals surface area contributed by atoms with E-state index in [0.717, 1.165) is 12.8 Å². The van der Waals surface area contributed by atoms with E-state index in [1.165, 1.54) is 4.90 Å². The predicted octanol–water partition coefficient (Wildman–Crippen LogP) is 0.744. The molecule has 7 heteroatoms. The molecule has 0 saturated heterocycles. The van der Waals surface area contributed by atoms with Gasteiger partial charge in [0.2, 0.25) is 0 Å². The van der Waals surface area contributed by atoms with E-state index in [1.807, 2.05) is 13.8 Å². The van der Waals surface area contributed by atoms with Gasteiger partial charge in [-0.25, -0.2) is 9.59 Å². The molecular formula is C11H20N2O5. The summed E-state index contributed by atoms with van der Waals surface area (Å²) in [5, 5.41) is 19.5. The fraction of sp³-hybridized carbons (Fsp3) is 0.727. The highest BCUT2D eigenvalue weighted by molar-refractivity contribution is 5.86. The van der Waals surface area contributed by atoms with Crippen LogP contribution in [-0.2, 0) is 9.59 Å². The Labute approximate surface area is 106 Å². The van der Waals surface area contributed by atoms with Crippen LogP contribution in [0.2, 0.25) is 0 Å². The van der Waals surface area contributed by atoms with Gasteiger partial charge in [0.1, 0.15) is 6.04 Å². The molecule has 1 unspecified atom stereocenters. The molecular weight excluding hydrogens is 240 g/mol. The lowest BCUT2D eigenvalue weighted by Crippen LogP contribution is -2.49. The van der Waals surface area contributed by atoms with Gasteiger partial charge < -0.3 is 20.4 Å². The van der Waals surface area contributed by atoms with Crippen molar-refractivity contribution in [1.29, 1.82) is 0 Å². The minimum absolute atomic E-state index is 0.0331. The molecule has 0 aliphatic rings. The fourth-order valence-corrected chi connectivity index (χ4v) is 1.44. The topological polar surface area (TPSA) is 107 Å². The second-order valence-electron chi connectivity index (χ2n) is 4.19. The first-order valence-corrected chi connectivity index (χ1v) is 5.77. The van der Waals surface area contributed by atoms with Crippen molar-refractivity contribution in [3.05, 3.63) is 0 Å². The number of nitrogens with zero attached hydrogens (tertiary/aromatic N) is 1. The van der Waals surface area contributed by atoms with Crippen molar-refractivity contribution in [3.63, 3.8) is 0 Å². The van der Waals surface area contributed by atoms with Crippen LogP contribution in [0.3, 0.4) is 0 Å². The van der Waals surface area contributed by atoms with E-state index in [2.05, 4.69) is 5.32 Å². The van der Waals surface area contributed by atoms with Gasteiger partial charge in [-0.3, -0.25) is 4.79 Å². The highest BCUT2D eigenvalue weighted by atomic mass is 16.4. The van der Waals surface area contributed by atoms with Crippen molar-refractivity contribution in [2.45, 2.75) is 45.2 Å². The SMILES string of the molecule is CCCC(C)N(C)C(=O)N[C@@H](CC(=O)O)C(=O)O. The molecule has 0 bridgehead atoms. The van der Waals surface area contributed by atoms with Crippen LogP contribution in [0.25, 0.3) is 0 Å². The Kier molecular flexibility index (Phi) is 6.77. The third-order valence-corrected chi connectivity index (χ3v) is 2.66. The van der Waals surface area contributed by atoms with Crippen molar-refractivity contribution in [1.82, 2.24) is 10.2 Å². The average molecular weight is 260 g/mol. The third kappa shape index (κ3) is 5.51. The molecule has 104 valence electrons. The van der Waals surface area contributed by atoms with Gasteiger partial charge in [-0.2, -0.15) is 0 Å². The van der Waals surface area contributed by atoms with E-state index >= 15 is 0 Å². The molecule has 0 heterocycles. The number of carbonyl (C=O) groups is 3. The number of carbonyl (C=O) groups excluding carboxylic acids is 1. The molecule has 0 rings (SSSR count). The van der Waals surface area contributed by atoms with Crippen molar-refractivity contribution in [2.75, 3.05) is 7.05 Å². The smallest absolute Gasteiger partial charge is 0.326 e. The molecule has 0 aromatic carbocycles. The molecule has 18 heavy (non-hydrogen) atoms. The molecule has 0 radical (unpaired) electrons. The highest BCUT2D eigenvalue weighted by Crippen LogP contribution is 2.05. The maximum absolute atomic E-state index is 11.7. The van der Waals surface area contributed by atoms with E-state index in [0.29, 0.717) is 0 Å². The van der Waals surface area contributed by atoms with Crippen LogP contribution in [-0.4, -0.2) is 52.2 Å². The summed E-state index contributed by atoms with van der Waals surface area (Å²) in [6, 6.07) is -2.02. The number of rotatable bonds is 7. The number of urea groups is 1. The highest BCUT2D eigenvalue weighted by Gasteiger charge is 2.25. The fourth-order valence-electron chi connectivity index (χ4n) is 1.44. The van der Waals surface area contributed by atoms with Crippen molar-refractivity contribution in [3.8, 4) is 0 Å². The van der Waals surface area contributed by atoms with Gasteiger partial charge in [0.25, 0.3) is 0 Å². The lowest BCUT2D eigenvalue weighted by molar-refractivity contribution is -0.145. The van der Waals surface area contributed by atoms with Gasteiger partial charge in [0.05, 0.1) is 6.42 Å². The van der Waals surface area contributed by atoms with Crippen molar-refractivity contribution < 1.29 is 24.6 Å². The number of hydrogen-bond donors (Lipinski definition) is 3. The van der Waals surface area contributed by atoms with E-state index < -0.39 is 30.4 Å². The van der Waals surface area contributed by atoms with Gasteiger partial charge in [-0.15, -0.1) is 0 Å². The maximum atomic E-state index is 11.7. The number of amides is 2. The zero-order valence-electron chi connectivity index (χ0n) is 10.8. The Hall–Kier alpha value is -1.79. The molecule has 0 aromatic heterocycles. The number of carboxylic acid groups (broad SMARTS) is 2. The molecule has 0 spiro atoms. The summed E-state index contributed by atoms with van der Waals surface area (Å²) in [5.74, 6) is -2.63. The molecule has 0 saturated carbocycles. The molecule has 0 aromatic rings. The van der Waals surface area contributed by atoms with Gasteiger partial charge >= 0.3 is 18.0 Å². The van der Waals surface area contributed by atoms with Crippen LogP contribution in [0.15, 0.2) is 0 Å². The predicted molar refractivity (Wildman–Crippen MR) is 64.3 cm³/mol. The standard InChI is InChI=1S/C11H20N2O5/c1-4-5-7(2)13(3)11(18)12-8(10(16)17)6-9(14)15/h7-8H,4-6H2,1-3H3,(H,12,18)(H,14,15)(H,16,17)/t7?,8-/m0/s1. The number of hydrogen-bond acceptors (Lipinski definition) is 3. The Morgan fingerprint density at radius 3 is 2.22 bits per heavy atom. The quantitative estimate of drug-likeness (QED) is 0.626. The van der Waals surface area contributed by atoms with Crippen LogP contribution < -0.4 is 5.32 Å². The zero-order valence-corrected chi connectivity index (χ0v) is 10.8. The van der Waals surface area contributed by atoms with Gasteiger partial charge in [-0.1, -0.05) is 13.3 Å². The van der Waals surface area contributed by atoms with E-state index in [9.17, 15) is 14.4 Å². The summed E-state index contributed by atoms with van der Waals surface area (Å²) >= 11 is 0. The van der Waals surface area contributed by atoms with E-state index in [4.69, 9.17) is 10.2 Å². The van der Waals surface area contributed by atoms with Crippen LogP contribution in [0.4, 0.5) is 4.79 Å². The summed E-state index contributed by atoms with van der Waals surface area (Å²) in [4.78, 5) is 34.4. The van der Waals surface area contributed by atoms with Crippen LogP contribution >= 0.6 is 0 Å². The molecule has 2 atom stereocenters. The molecule has 7 nitrogen and oxygen atoms in total.